The predicted octanol–water partition coefficient (Wildman–Crippen LogP) is 3.37. The molecule has 0 atom stereocenters. The van der Waals surface area contributed by atoms with Crippen LogP contribution in [0.4, 0.5) is 5.69 Å². The van der Waals surface area contributed by atoms with Crippen LogP contribution in [0.2, 0.25) is 0 Å². The number of rotatable bonds is 4. The van der Waals surface area contributed by atoms with Gasteiger partial charge in [0.1, 0.15) is 11.4 Å². The van der Waals surface area contributed by atoms with Gasteiger partial charge < -0.3 is 4.74 Å². The van der Waals surface area contributed by atoms with E-state index in [1.54, 1.807) is 37.4 Å². The second-order valence-corrected chi connectivity index (χ2v) is 7.66. The lowest BCUT2D eigenvalue weighted by Gasteiger charge is -2.21. The molecule has 0 amide bonds. The summed E-state index contributed by atoms with van der Waals surface area (Å²) >= 11 is 0. The Morgan fingerprint density at radius 1 is 1.09 bits per heavy atom. The molecule has 0 fully saturated rings. The summed E-state index contributed by atoms with van der Waals surface area (Å²) in [6.45, 7) is 7.61. The largest absolute Gasteiger partial charge is 0.488 e. The van der Waals surface area contributed by atoms with Gasteiger partial charge in [-0.2, -0.15) is 0 Å². The molecule has 5 nitrogen and oxygen atoms in total. The van der Waals surface area contributed by atoms with Gasteiger partial charge in [-0.3, -0.25) is 9.71 Å². The van der Waals surface area contributed by atoms with Crippen LogP contribution in [0.15, 0.2) is 47.5 Å². The smallest absolute Gasteiger partial charge is 0.261 e. The first-order chi connectivity index (χ1) is 10.2. The summed E-state index contributed by atoms with van der Waals surface area (Å²) in [5.41, 5.74) is 0.907. The van der Waals surface area contributed by atoms with Crippen LogP contribution in [0.3, 0.4) is 0 Å². The molecule has 0 saturated heterocycles. The maximum atomic E-state index is 12.3. The zero-order valence-corrected chi connectivity index (χ0v) is 13.9. The zero-order valence-electron chi connectivity index (χ0n) is 13.1. The molecule has 1 N–H and O–H groups in total. The molecule has 22 heavy (non-hydrogen) atoms. The van der Waals surface area contributed by atoms with Crippen molar-refractivity contribution in [3.05, 3.63) is 48.3 Å². The molecule has 1 aromatic heterocycles. The Kier molecular flexibility index (Phi) is 4.42. The van der Waals surface area contributed by atoms with Gasteiger partial charge in [0.2, 0.25) is 0 Å². The first-order valence-corrected chi connectivity index (χ1v) is 8.39. The van der Waals surface area contributed by atoms with E-state index in [-0.39, 0.29) is 10.5 Å². The van der Waals surface area contributed by atoms with Crippen molar-refractivity contribution in [3.8, 4) is 5.75 Å². The van der Waals surface area contributed by atoms with Gasteiger partial charge in [0.15, 0.2) is 0 Å². The third-order valence-electron chi connectivity index (χ3n) is 2.71. The second-order valence-electron chi connectivity index (χ2n) is 5.98. The average Bonchev–Trinajstić information content (AvgIpc) is 2.36. The third-order valence-corrected chi connectivity index (χ3v) is 4.10. The van der Waals surface area contributed by atoms with E-state index in [0.717, 1.165) is 5.69 Å². The van der Waals surface area contributed by atoms with Crippen LogP contribution in [0.25, 0.3) is 0 Å². The highest BCUT2D eigenvalue weighted by Crippen LogP contribution is 2.22. The Hall–Kier alpha value is -2.08. The molecule has 0 aliphatic heterocycles. The molecule has 0 aliphatic carbocycles. The van der Waals surface area contributed by atoms with Gasteiger partial charge in [0.05, 0.1) is 10.6 Å². The van der Waals surface area contributed by atoms with E-state index in [0.29, 0.717) is 11.4 Å². The SMILES string of the molecule is Cc1cc(NS(=O)(=O)c2ccc(OC(C)(C)C)cc2)ccn1. The van der Waals surface area contributed by atoms with Crippen LogP contribution >= 0.6 is 0 Å². The minimum atomic E-state index is -3.62. The summed E-state index contributed by atoms with van der Waals surface area (Å²) in [7, 11) is -3.62. The molecule has 1 aromatic carbocycles. The fourth-order valence-corrected chi connectivity index (χ4v) is 2.91. The fraction of sp³-hybridized carbons (Fsp3) is 0.312. The van der Waals surface area contributed by atoms with E-state index < -0.39 is 10.0 Å². The van der Waals surface area contributed by atoms with Gasteiger partial charge in [-0.25, -0.2) is 8.42 Å². The maximum Gasteiger partial charge on any atom is 0.261 e. The molecule has 2 aromatic rings. The number of sulfonamides is 1. The van der Waals surface area contributed by atoms with Crippen LogP contribution < -0.4 is 9.46 Å². The van der Waals surface area contributed by atoms with Gasteiger partial charge in [-0.05, 0) is 64.1 Å². The lowest BCUT2D eigenvalue weighted by atomic mass is 10.2. The summed E-state index contributed by atoms with van der Waals surface area (Å²) in [5, 5.41) is 0. The van der Waals surface area contributed by atoms with E-state index in [1.807, 2.05) is 20.8 Å². The highest BCUT2D eigenvalue weighted by atomic mass is 32.2. The van der Waals surface area contributed by atoms with Crippen molar-refractivity contribution in [1.29, 1.82) is 0 Å². The van der Waals surface area contributed by atoms with E-state index in [4.69, 9.17) is 4.74 Å². The van der Waals surface area contributed by atoms with E-state index in [1.165, 1.54) is 12.1 Å². The van der Waals surface area contributed by atoms with Crippen molar-refractivity contribution in [2.75, 3.05) is 4.72 Å². The number of nitrogens with one attached hydrogen (secondary N) is 1. The summed E-state index contributed by atoms with van der Waals surface area (Å²) in [5.74, 6) is 0.631. The average molecular weight is 320 g/mol. The van der Waals surface area contributed by atoms with Crippen LogP contribution in [-0.4, -0.2) is 19.0 Å². The number of aromatic nitrogens is 1. The van der Waals surface area contributed by atoms with Gasteiger partial charge in [0.25, 0.3) is 10.0 Å². The molecule has 0 aliphatic rings. The van der Waals surface area contributed by atoms with Gasteiger partial charge >= 0.3 is 0 Å². The molecular weight excluding hydrogens is 300 g/mol. The molecule has 0 radical (unpaired) electrons. The second kappa shape index (κ2) is 5.96. The van der Waals surface area contributed by atoms with Crippen molar-refractivity contribution in [2.24, 2.45) is 0 Å². The van der Waals surface area contributed by atoms with Gasteiger partial charge in [-0.15, -0.1) is 0 Å². The van der Waals surface area contributed by atoms with Crippen molar-refractivity contribution in [2.45, 2.75) is 38.2 Å². The number of pyridine rings is 1. The Bertz CT molecular complexity index is 748. The zero-order chi connectivity index (χ0) is 16.4. The Balaban J connectivity index is 2.19. The Morgan fingerprint density at radius 2 is 1.73 bits per heavy atom. The minimum absolute atomic E-state index is 0.184. The van der Waals surface area contributed by atoms with Crippen LogP contribution in [0.1, 0.15) is 26.5 Å². The first kappa shape index (κ1) is 16.3. The van der Waals surface area contributed by atoms with Gasteiger partial charge in [-0.1, -0.05) is 0 Å². The van der Waals surface area contributed by atoms with Crippen LogP contribution in [0, 0.1) is 6.92 Å². The van der Waals surface area contributed by atoms with Gasteiger partial charge in [0, 0.05) is 11.9 Å². The third kappa shape index (κ3) is 4.46. The Morgan fingerprint density at radius 3 is 2.27 bits per heavy atom. The number of ether oxygens (including phenoxy) is 1. The fourth-order valence-electron chi connectivity index (χ4n) is 1.86. The first-order valence-electron chi connectivity index (χ1n) is 6.90. The molecule has 0 unspecified atom stereocenters. The highest BCUT2D eigenvalue weighted by molar-refractivity contribution is 7.92. The molecule has 0 spiro atoms. The summed E-state index contributed by atoms with van der Waals surface area (Å²) in [6, 6.07) is 9.64. The lowest BCUT2D eigenvalue weighted by Crippen LogP contribution is -2.23. The van der Waals surface area contributed by atoms with Crippen LogP contribution in [-0.2, 0) is 10.0 Å². The number of aryl methyl sites for hydroxylation is 1. The molecule has 1 heterocycles. The van der Waals surface area contributed by atoms with E-state index in [9.17, 15) is 8.42 Å². The quantitative estimate of drug-likeness (QED) is 0.938. The Labute approximate surface area is 131 Å². The predicted molar refractivity (Wildman–Crippen MR) is 86.6 cm³/mol. The lowest BCUT2D eigenvalue weighted by molar-refractivity contribution is 0.131. The molecule has 6 heteroatoms. The summed E-state index contributed by atoms with van der Waals surface area (Å²) in [4.78, 5) is 4.22. The highest BCUT2D eigenvalue weighted by Gasteiger charge is 2.16. The molecule has 0 bridgehead atoms. The topological polar surface area (TPSA) is 68.3 Å². The molecule has 118 valence electrons. The van der Waals surface area contributed by atoms with Crippen molar-refractivity contribution >= 4 is 15.7 Å². The monoisotopic (exact) mass is 320 g/mol. The minimum Gasteiger partial charge on any atom is -0.488 e. The van der Waals surface area contributed by atoms with Crippen molar-refractivity contribution in [3.63, 3.8) is 0 Å². The normalized spacial score (nSPS) is 12.0. The number of hydrogen-bond donors (Lipinski definition) is 1. The number of benzene rings is 1. The molecule has 0 saturated carbocycles. The van der Waals surface area contributed by atoms with E-state index in [2.05, 4.69) is 9.71 Å². The number of anilines is 1. The van der Waals surface area contributed by atoms with E-state index >= 15 is 0 Å². The number of nitrogens with zero attached hydrogens (tertiary/aromatic N) is 1. The maximum absolute atomic E-state index is 12.3. The van der Waals surface area contributed by atoms with Crippen molar-refractivity contribution in [1.82, 2.24) is 4.98 Å². The van der Waals surface area contributed by atoms with Crippen LogP contribution in [0.5, 0.6) is 5.75 Å². The molecular formula is C16H20N2O3S. The standard InChI is InChI=1S/C16H20N2O3S/c1-12-11-13(9-10-17-12)18-22(19,20)15-7-5-14(6-8-15)21-16(2,3)4/h5-11H,1-4H3,(H,17,18). The van der Waals surface area contributed by atoms with Crippen molar-refractivity contribution < 1.29 is 13.2 Å². The molecule has 2 rings (SSSR count). The summed E-state index contributed by atoms with van der Waals surface area (Å²) in [6.07, 6.45) is 1.56. The number of hydrogen-bond acceptors (Lipinski definition) is 4. The summed E-state index contributed by atoms with van der Waals surface area (Å²) < 4.78 is 32.9.